The van der Waals surface area contributed by atoms with E-state index in [1.165, 1.54) is 18.2 Å². The second-order valence-corrected chi connectivity index (χ2v) is 6.52. The van der Waals surface area contributed by atoms with Crippen molar-refractivity contribution < 1.29 is 23.8 Å². The summed E-state index contributed by atoms with van der Waals surface area (Å²) in [4.78, 5) is 10.6. The molecule has 0 unspecified atom stereocenters. The molecule has 3 rings (SSSR count). The van der Waals surface area contributed by atoms with Gasteiger partial charge in [0.1, 0.15) is 29.7 Å². The van der Waals surface area contributed by atoms with E-state index >= 15 is 0 Å². The maximum atomic E-state index is 13.2. The van der Waals surface area contributed by atoms with Crippen molar-refractivity contribution in [2.24, 2.45) is 0 Å². The molecule has 0 aliphatic heterocycles. The maximum Gasteiger partial charge on any atom is 0.303 e. The Morgan fingerprint density at radius 1 is 1.00 bits per heavy atom. The molecule has 0 atom stereocenters. The Morgan fingerprint density at radius 3 is 2.46 bits per heavy atom. The summed E-state index contributed by atoms with van der Waals surface area (Å²) in [5.41, 5.74) is 1.74. The molecule has 0 heterocycles. The van der Waals surface area contributed by atoms with Crippen molar-refractivity contribution in [3.63, 3.8) is 0 Å². The number of hydrogen-bond acceptors (Lipinski definition) is 3. The van der Waals surface area contributed by atoms with E-state index < -0.39 is 11.8 Å². The van der Waals surface area contributed by atoms with Crippen molar-refractivity contribution in [1.29, 1.82) is 0 Å². The molecule has 28 heavy (non-hydrogen) atoms. The van der Waals surface area contributed by atoms with Crippen LogP contribution in [0.4, 0.5) is 4.39 Å². The second kappa shape index (κ2) is 9.24. The van der Waals surface area contributed by atoms with Crippen molar-refractivity contribution in [3.8, 4) is 17.2 Å². The van der Waals surface area contributed by atoms with Gasteiger partial charge >= 0.3 is 5.97 Å². The summed E-state index contributed by atoms with van der Waals surface area (Å²) in [6.45, 7) is 0.267. The highest BCUT2D eigenvalue weighted by Crippen LogP contribution is 2.32. The van der Waals surface area contributed by atoms with Gasteiger partial charge in [-0.25, -0.2) is 4.39 Å². The van der Waals surface area contributed by atoms with Crippen molar-refractivity contribution in [1.82, 2.24) is 0 Å². The molecule has 3 aromatic rings. The fraction of sp³-hybridized carbons (Fsp3) is 0.136. The molecule has 0 aromatic heterocycles. The topological polar surface area (TPSA) is 55.8 Å². The molecule has 6 heteroatoms. The van der Waals surface area contributed by atoms with Gasteiger partial charge in [0.25, 0.3) is 0 Å². The summed E-state index contributed by atoms with van der Waals surface area (Å²) in [6.07, 6.45) is 0.571. The van der Waals surface area contributed by atoms with Crippen LogP contribution in [0.25, 0.3) is 0 Å². The van der Waals surface area contributed by atoms with Crippen molar-refractivity contribution >= 4 is 17.6 Å². The van der Waals surface area contributed by atoms with Crippen molar-refractivity contribution in [3.05, 3.63) is 88.7 Å². The summed E-state index contributed by atoms with van der Waals surface area (Å²) in [6, 6.07) is 18.6. The number of aryl methyl sites for hydroxylation is 1. The third kappa shape index (κ3) is 5.47. The van der Waals surface area contributed by atoms with Crippen molar-refractivity contribution in [2.75, 3.05) is 0 Å². The van der Waals surface area contributed by atoms with Crippen LogP contribution in [0.5, 0.6) is 17.2 Å². The largest absolute Gasteiger partial charge is 0.489 e. The van der Waals surface area contributed by atoms with Gasteiger partial charge in [-0.2, -0.15) is 0 Å². The van der Waals surface area contributed by atoms with Crippen LogP contribution in [0.1, 0.15) is 17.5 Å². The van der Waals surface area contributed by atoms with Gasteiger partial charge in [0, 0.05) is 12.0 Å². The molecule has 0 bridgehead atoms. The fourth-order valence-corrected chi connectivity index (χ4v) is 2.77. The van der Waals surface area contributed by atoms with Gasteiger partial charge in [0.05, 0.1) is 5.02 Å². The average Bonchev–Trinajstić information content (AvgIpc) is 2.68. The molecule has 0 saturated carbocycles. The Kier molecular flexibility index (Phi) is 6.50. The van der Waals surface area contributed by atoms with Crippen LogP contribution in [-0.2, 0) is 17.8 Å². The number of carbonyl (C=O) groups is 1. The standard InChI is InChI=1S/C22H18ClFO4/c23-19-13-17(24)8-11-21(19)28-20-4-2-1-3-16(20)14-27-18-9-5-15(6-10-18)7-12-22(25)26/h1-6,8-11,13H,7,12,14H2,(H,25,26). The van der Waals surface area contributed by atoms with Crippen LogP contribution in [0.3, 0.4) is 0 Å². The number of para-hydroxylation sites is 1. The van der Waals surface area contributed by atoms with E-state index in [0.717, 1.165) is 11.1 Å². The van der Waals surface area contributed by atoms with Crippen LogP contribution in [0.2, 0.25) is 5.02 Å². The molecule has 3 aromatic carbocycles. The van der Waals surface area contributed by atoms with Crippen molar-refractivity contribution in [2.45, 2.75) is 19.4 Å². The predicted molar refractivity (Wildman–Crippen MR) is 105 cm³/mol. The number of carboxylic acids is 1. The van der Waals surface area contributed by atoms with Gasteiger partial charge in [-0.05, 0) is 48.4 Å². The smallest absolute Gasteiger partial charge is 0.303 e. The quantitative estimate of drug-likeness (QED) is 0.514. The second-order valence-electron chi connectivity index (χ2n) is 6.11. The van der Waals surface area contributed by atoms with Crippen LogP contribution < -0.4 is 9.47 Å². The van der Waals surface area contributed by atoms with E-state index in [1.807, 2.05) is 30.3 Å². The molecule has 0 aliphatic carbocycles. The molecule has 0 aliphatic rings. The van der Waals surface area contributed by atoms with Crippen LogP contribution in [0.15, 0.2) is 66.7 Å². The lowest BCUT2D eigenvalue weighted by Crippen LogP contribution is -1.99. The Labute approximate surface area is 167 Å². The van der Waals surface area contributed by atoms with Crippen LogP contribution >= 0.6 is 11.6 Å². The minimum absolute atomic E-state index is 0.0941. The summed E-state index contributed by atoms with van der Waals surface area (Å²) in [5, 5.41) is 8.93. The summed E-state index contributed by atoms with van der Waals surface area (Å²) in [5.74, 6) is 0.333. The van der Waals surface area contributed by atoms with Gasteiger partial charge in [-0.1, -0.05) is 41.9 Å². The number of benzene rings is 3. The molecule has 0 saturated heterocycles. The Bertz CT molecular complexity index is 957. The highest BCUT2D eigenvalue weighted by atomic mass is 35.5. The zero-order valence-corrected chi connectivity index (χ0v) is 15.7. The third-order valence-corrected chi connectivity index (χ3v) is 4.33. The van der Waals surface area contributed by atoms with E-state index in [2.05, 4.69) is 0 Å². The molecule has 0 spiro atoms. The number of rotatable bonds is 8. The minimum atomic E-state index is -0.821. The van der Waals surface area contributed by atoms with Gasteiger partial charge in [-0.15, -0.1) is 0 Å². The maximum absolute atomic E-state index is 13.2. The summed E-state index contributed by atoms with van der Waals surface area (Å²) in [7, 11) is 0. The highest BCUT2D eigenvalue weighted by Gasteiger charge is 2.09. The number of halogens is 2. The van der Waals surface area contributed by atoms with Crippen LogP contribution in [-0.4, -0.2) is 11.1 Å². The van der Waals surface area contributed by atoms with Gasteiger partial charge in [-0.3, -0.25) is 4.79 Å². The highest BCUT2D eigenvalue weighted by molar-refractivity contribution is 6.32. The van der Waals surface area contributed by atoms with Gasteiger partial charge in [0.15, 0.2) is 0 Å². The first-order valence-corrected chi connectivity index (χ1v) is 9.03. The number of hydrogen-bond donors (Lipinski definition) is 1. The number of aliphatic carboxylic acids is 1. The van der Waals surface area contributed by atoms with Crippen LogP contribution in [0, 0.1) is 5.82 Å². The average molecular weight is 401 g/mol. The molecule has 0 amide bonds. The van der Waals surface area contributed by atoms with E-state index in [0.29, 0.717) is 23.7 Å². The number of ether oxygens (including phenoxy) is 2. The first kappa shape index (κ1) is 19.7. The van der Waals surface area contributed by atoms with E-state index in [-0.39, 0.29) is 18.1 Å². The normalized spacial score (nSPS) is 10.5. The molecule has 144 valence electrons. The molecule has 1 N–H and O–H groups in total. The van der Waals surface area contributed by atoms with E-state index in [1.54, 1.807) is 18.2 Å². The van der Waals surface area contributed by atoms with Gasteiger partial charge < -0.3 is 14.6 Å². The van der Waals surface area contributed by atoms with Gasteiger partial charge in [0.2, 0.25) is 0 Å². The first-order valence-electron chi connectivity index (χ1n) is 8.65. The Balaban J connectivity index is 1.66. The minimum Gasteiger partial charge on any atom is -0.489 e. The third-order valence-electron chi connectivity index (χ3n) is 4.03. The monoisotopic (exact) mass is 400 g/mol. The predicted octanol–water partition coefficient (Wildman–Crippen LogP) is 5.87. The Morgan fingerprint density at radius 2 is 1.75 bits per heavy atom. The van der Waals surface area contributed by atoms with E-state index in [9.17, 15) is 9.18 Å². The molecule has 0 fully saturated rings. The molecule has 4 nitrogen and oxygen atoms in total. The lowest BCUT2D eigenvalue weighted by atomic mass is 10.1. The fourth-order valence-electron chi connectivity index (χ4n) is 2.56. The lowest BCUT2D eigenvalue weighted by molar-refractivity contribution is -0.136. The first-order chi connectivity index (χ1) is 13.5. The lowest BCUT2D eigenvalue weighted by Gasteiger charge is -2.13. The molecule has 0 radical (unpaired) electrons. The SMILES string of the molecule is O=C(O)CCc1ccc(OCc2ccccc2Oc2ccc(F)cc2Cl)cc1. The number of carboxylic acid groups (broad SMARTS) is 1. The zero-order chi connectivity index (χ0) is 19.9. The molecular formula is C22H18ClFO4. The summed E-state index contributed by atoms with van der Waals surface area (Å²) >= 11 is 6.03. The van der Waals surface area contributed by atoms with E-state index in [4.69, 9.17) is 26.2 Å². The summed E-state index contributed by atoms with van der Waals surface area (Å²) < 4.78 is 24.8. The molecular weight excluding hydrogens is 383 g/mol. The Hall–Kier alpha value is -3.05. The zero-order valence-electron chi connectivity index (χ0n) is 14.9.